The van der Waals surface area contributed by atoms with Gasteiger partial charge in [0.1, 0.15) is 17.6 Å². The first-order chi connectivity index (χ1) is 25.3. The normalized spacial score (nSPS) is 31.0. The van der Waals surface area contributed by atoms with Crippen LogP contribution < -0.4 is 15.2 Å². The summed E-state index contributed by atoms with van der Waals surface area (Å²) in [6, 6.07) is 9.22. The van der Waals surface area contributed by atoms with Gasteiger partial charge in [-0.05, 0) is 112 Å². The van der Waals surface area contributed by atoms with Gasteiger partial charge in [0.25, 0.3) is 5.91 Å². The van der Waals surface area contributed by atoms with E-state index in [1.165, 1.54) is 30.0 Å². The lowest BCUT2D eigenvalue weighted by Gasteiger charge is -2.41. The summed E-state index contributed by atoms with van der Waals surface area (Å²) >= 11 is 6.46. The molecule has 6 atom stereocenters. The van der Waals surface area contributed by atoms with Gasteiger partial charge in [0.15, 0.2) is 0 Å². The quantitative estimate of drug-likeness (QED) is 0.393. The zero-order valence-corrected chi connectivity index (χ0v) is 32.4. The number of aryl methyl sites for hydroxylation is 1. The molecule has 2 aromatic carbocycles. The molecule has 4 heterocycles. The molecule has 4 aliphatic heterocycles. The van der Waals surface area contributed by atoms with Gasteiger partial charge >= 0.3 is 0 Å². The van der Waals surface area contributed by atoms with Crippen LogP contribution in [0.15, 0.2) is 48.3 Å². The predicted octanol–water partition coefficient (Wildman–Crippen LogP) is 5.40. The molecule has 2 aromatic rings. The average molecular weight is 775 g/mol. The first kappa shape index (κ1) is 39.5. The Morgan fingerprint density at radius 2 is 1.94 bits per heavy atom. The van der Waals surface area contributed by atoms with Crippen molar-refractivity contribution < 1.29 is 36.6 Å². The molecule has 2 amide bonds. The number of benzene rings is 2. The highest BCUT2D eigenvalue weighted by molar-refractivity contribution is 7.90. The van der Waals surface area contributed by atoms with E-state index in [1.54, 1.807) is 20.0 Å². The SMILES string of the molecule is C[C@@H]1[C@@H](C)C/C=C(\F)[C@H](C(=O)N(C)CC2COCCO2)N2CCC[C@H]2CC[C@@]2(CCCc3cc(Cl)ccc32)COc2ccc(cc2N)C(=O)NS1(=O)=O. The molecular weight excluding hydrogens is 723 g/mol. The molecule has 2 fully saturated rings. The van der Waals surface area contributed by atoms with Gasteiger partial charge in [0.05, 0.1) is 43.5 Å². The van der Waals surface area contributed by atoms with E-state index in [-0.39, 0.29) is 43.0 Å². The predicted molar refractivity (Wildman–Crippen MR) is 202 cm³/mol. The Balaban J connectivity index is 1.38. The highest BCUT2D eigenvalue weighted by Gasteiger charge is 2.43. The Morgan fingerprint density at radius 1 is 1.13 bits per heavy atom. The van der Waals surface area contributed by atoms with Gasteiger partial charge in [-0.25, -0.2) is 17.5 Å². The molecule has 11 nitrogen and oxygen atoms in total. The monoisotopic (exact) mass is 774 g/mol. The average Bonchev–Trinajstić information content (AvgIpc) is 3.59. The minimum atomic E-state index is -4.17. The van der Waals surface area contributed by atoms with E-state index < -0.39 is 50.3 Å². The number of fused-ring (bicyclic) bond motifs is 12. The summed E-state index contributed by atoms with van der Waals surface area (Å²) in [6.07, 6.45) is 6.70. The maximum absolute atomic E-state index is 16.7. The number of allylic oxidation sites excluding steroid dienone is 1. The van der Waals surface area contributed by atoms with E-state index >= 15 is 4.39 Å². The number of anilines is 1. The van der Waals surface area contributed by atoms with Gasteiger partial charge in [-0.1, -0.05) is 30.7 Å². The molecule has 3 N–H and O–H groups in total. The fourth-order valence-electron chi connectivity index (χ4n) is 8.36. The molecule has 53 heavy (non-hydrogen) atoms. The number of nitrogen functional groups attached to an aromatic ring is 1. The standard InChI is InChI=1S/C39H52ClFN4O7S/c1-25-8-12-33(41)36(38(47)44(3)22-31-23-50-18-19-51-31)45-17-5-7-30(45)14-16-39(15-4-6-27-20-29(40)10-11-32(27)39)24-52-35-13-9-28(21-34(35)42)37(46)43-53(48,49)26(25)2/h9-13,20-21,25-26,30-31,36H,4-8,14-19,22-24,42H2,1-3H3,(H,43,46)/b33-12-/t25-,26+,30-,31?,36+,39-/m0/s1. The second kappa shape index (κ2) is 16.6. The van der Waals surface area contributed by atoms with Gasteiger partial charge in [0.2, 0.25) is 15.9 Å². The number of nitrogens with one attached hydrogen (secondary N) is 1. The number of carbonyl (C=O) groups is 2. The number of likely N-dealkylation sites (N-methyl/N-ethyl adjacent to an activating group) is 1. The van der Waals surface area contributed by atoms with Gasteiger partial charge < -0.3 is 24.8 Å². The zero-order chi connectivity index (χ0) is 37.9. The summed E-state index contributed by atoms with van der Waals surface area (Å²) in [5.41, 5.74) is 8.57. The first-order valence-electron chi connectivity index (χ1n) is 18.7. The summed E-state index contributed by atoms with van der Waals surface area (Å²) in [5, 5.41) is -0.386. The van der Waals surface area contributed by atoms with Gasteiger partial charge in [-0.15, -0.1) is 0 Å². The van der Waals surface area contributed by atoms with Crippen molar-refractivity contribution in [3.05, 3.63) is 70.0 Å². The summed E-state index contributed by atoms with van der Waals surface area (Å²) in [5.74, 6) is -2.04. The van der Waals surface area contributed by atoms with E-state index in [0.717, 1.165) is 43.2 Å². The third kappa shape index (κ3) is 8.85. The first-order valence-corrected chi connectivity index (χ1v) is 20.6. The van der Waals surface area contributed by atoms with Crippen LogP contribution in [0.25, 0.3) is 0 Å². The van der Waals surface area contributed by atoms with E-state index in [2.05, 4.69) is 10.8 Å². The molecule has 1 unspecified atom stereocenters. The number of amides is 2. The molecule has 2 saturated heterocycles. The Morgan fingerprint density at radius 3 is 2.70 bits per heavy atom. The minimum Gasteiger partial charge on any atom is -0.491 e. The molecule has 0 radical (unpaired) electrons. The van der Waals surface area contributed by atoms with Crippen molar-refractivity contribution >= 4 is 39.1 Å². The van der Waals surface area contributed by atoms with Gasteiger partial charge in [-0.3, -0.25) is 14.5 Å². The smallest absolute Gasteiger partial charge is 0.264 e. The van der Waals surface area contributed by atoms with Crippen LogP contribution in [-0.4, -0.2) is 100 Å². The van der Waals surface area contributed by atoms with Crippen LogP contribution in [0.2, 0.25) is 5.02 Å². The second-order valence-electron chi connectivity index (χ2n) is 15.2. The van der Waals surface area contributed by atoms with Crippen LogP contribution in [-0.2, 0) is 36.1 Å². The van der Waals surface area contributed by atoms with E-state index in [1.807, 2.05) is 17.0 Å². The van der Waals surface area contributed by atoms with E-state index in [4.69, 9.17) is 31.5 Å². The highest BCUT2D eigenvalue weighted by Crippen LogP contribution is 2.44. The molecule has 14 heteroatoms. The topological polar surface area (TPSA) is 140 Å². The molecule has 5 aliphatic rings. The number of rotatable bonds is 3. The third-order valence-electron chi connectivity index (χ3n) is 11.7. The van der Waals surface area contributed by atoms with Crippen LogP contribution in [0.3, 0.4) is 0 Å². The maximum atomic E-state index is 16.7. The van der Waals surface area contributed by atoms with Crippen LogP contribution in [0.1, 0.15) is 80.3 Å². The number of nitrogens with zero attached hydrogens (tertiary/aromatic N) is 2. The highest BCUT2D eigenvalue weighted by atomic mass is 35.5. The summed E-state index contributed by atoms with van der Waals surface area (Å²) in [4.78, 5) is 31.0. The number of hydrogen-bond acceptors (Lipinski definition) is 9. The van der Waals surface area contributed by atoms with Crippen molar-refractivity contribution in [2.45, 2.75) is 94.1 Å². The summed E-state index contributed by atoms with van der Waals surface area (Å²) in [6.45, 7) is 5.50. The lowest BCUT2D eigenvalue weighted by molar-refractivity contribution is -0.141. The molecule has 2 bridgehead atoms. The number of hydrogen-bond donors (Lipinski definition) is 2. The minimum absolute atomic E-state index is 0.0368. The lowest BCUT2D eigenvalue weighted by Crippen LogP contribution is -2.52. The third-order valence-corrected chi connectivity index (χ3v) is 13.8. The number of halogens is 2. The molecule has 1 spiro atoms. The zero-order valence-electron chi connectivity index (χ0n) is 30.8. The molecule has 290 valence electrons. The fraction of sp³-hybridized carbons (Fsp3) is 0.590. The number of sulfonamides is 1. The fourth-order valence-corrected chi connectivity index (χ4v) is 9.84. The largest absolute Gasteiger partial charge is 0.491 e. The van der Waals surface area contributed by atoms with Crippen molar-refractivity contribution in [1.82, 2.24) is 14.5 Å². The van der Waals surface area contributed by atoms with E-state index in [0.29, 0.717) is 50.0 Å². The Kier molecular flexibility index (Phi) is 12.4. The Bertz CT molecular complexity index is 1810. The molecule has 0 aromatic heterocycles. The van der Waals surface area contributed by atoms with Crippen molar-refractivity contribution in [2.75, 3.05) is 52.3 Å². The van der Waals surface area contributed by atoms with E-state index in [9.17, 15) is 18.0 Å². The molecule has 7 rings (SSSR count). The second-order valence-corrected chi connectivity index (χ2v) is 17.7. The Hall–Kier alpha value is -3.23. The number of carbonyl (C=O) groups excluding carboxylic acids is 2. The molecule has 1 aliphatic carbocycles. The van der Waals surface area contributed by atoms with Crippen LogP contribution in [0.4, 0.5) is 10.1 Å². The molecule has 0 saturated carbocycles. The van der Waals surface area contributed by atoms with Gasteiger partial charge in [0, 0.05) is 35.6 Å². The molecular formula is C39H52ClFN4O7S. The van der Waals surface area contributed by atoms with Crippen molar-refractivity contribution in [3.8, 4) is 5.75 Å². The van der Waals surface area contributed by atoms with Crippen molar-refractivity contribution in [3.63, 3.8) is 0 Å². The maximum Gasteiger partial charge on any atom is 0.264 e. The van der Waals surface area contributed by atoms with Gasteiger partial charge in [-0.2, -0.15) is 0 Å². The van der Waals surface area contributed by atoms with Crippen molar-refractivity contribution in [2.24, 2.45) is 5.92 Å². The Labute approximate surface area is 317 Å². The van der Waals surface area contributed by atoms with Crippen LogP contribution in [0, 0.1) is 5.92 Å². The number of ether oxygens (including phenoxy) is 3. The van der Waals surface area contributed by atoms with Crippen molar-refractivity contribution in [1.29, 1.82) is 0 Å². The summed E-state index contributed by atoms with van der Waals surface area (Å²) in [7, 11) is -2.51. The van der Waals surface area contributed by atoms with Crippen LogP contribution in [0.5, 0.6) is 5.75 Å². The summed E-state index contributed by atoms with van der Waals surface area (Å²) < 4.78 is 63.4. The number of nitrogens with two attached hydrogens (primary N) is 1. The van der Waals surface area contributed by atoms with Crippen LogP contribution >= 0.6 is 11.6 Å². The lowest BCUT2D eigenvalue weighted by atomic mass is 9.67.